The van der Waals surface area contributed by atoms with Crippen molar-refractivity contribution in [2.24, 2.45) is 0 Å². The number of aromatic nitrogens is 3. The van der Waals surface area contributed by atoms with Crippen molar-refractivity contribution in [3.05, 3.63) is 84.2 Å². The lowest BCUT2D eigenvalue weighted by Crippen LogP contribution is -2.30. The number of hydrogen-bond donors (Lipinski definition) is 2. The van der Waals surface area contributed by atoms with E-state index in [1.807, 2.05) is 36.4 Å². The van der Waals surface area contributed by atoms with Gasteiger partial charge in [0.25, 0.3) is 5.91 Å². The first-order valence-electron chi connectivity index (χ1n) is 9.27. The summed E-state index contributed by atoms with van der Waals surface area (Å²) in [5.41, 5.74) is 0.992. The van der Waals surface area contributed by atoms with Crippen molar-refractivity contribution >= 4 is 22.6 Å². The first-order valence-corrected chi connectivity index (χ1v) is 9.27. The summed E-state index contributed by atoms with van der Waals surface area (Å²) in [4.78, 5) is 25.3. The Balaban J connectivity index is 1.49. The average Bonchev–Trinajstić information content (AvgIpc) is 2.77. The molecule has 0 atom stereocenters. The summed E-state index contributed by atoms with van der Waals surface area (Å²) in [6.45, 7) is 0.453. The van der Waals surface area contributed by atoms with Gasteiger partial charge in [-0.2, -0.15) is 0 Å². The predicted molar refractivity (Wildman–Crippen MR) is 110 cm³/mol. The van der Waals surface area contributed by atoms with Crippen LogP contribution in [0.4, 0.5) is 14.6 Å². The SMILES string of the molecule is O=C(NCCNc1nc(-c2ccncc2)nc2ccccc12)c1c(F)cccc1F. The van der Waals surface area contributed by atoms with Gasteiger partial charge < -0.3 is 10.6 Å². The highest BCUT2D eigenvalue weighted by molar-refractivity contribution is 5.94. The Morgan fingerprint density at radius 1 is 0.867 bits per heavy atom. The van der Waals surface area contributed by atoms with Crippen LogP contribution in [0.5, 0.6) is 0 Å². The van der Waals surface area contributed by atoms with Crippen molar-refractivity contribution in [2.45, 2.75) is 0 Å². The second kappa shape index (κ2) is 8.60. The molecular formula is C22H17F2N5O. The standard InChI is InChI=1S/C22H17F2N5O/c23-16-5-3-6-17(24)19(16)22(30)27-13-12-26-21-15-4-1-2-7-18(15)28-20(29-21)14-8-10-25-11-9-14/h1-11H,12-13H2,(H,27,30)(H,26,28,29). The van der Waals surface area contributed by atoms with Crippen molar-refractivity contribution in [1.29, 1.82) is 0 Å². The van der Waals surface area contributed by atoms with E-state index in [2.05, 4.69) is 25.6 Å². The monoisotopic (exact) mass is 405 g/mol. The Bertz CT molecular complexity index is 1180. The maximum absolute atomic E-state index is 13.7. The molecule has 2 heterocycles. The summed E-state index contributed by atoms with van der Waals surface area (Å²) in [6.07, 6.45) is 3.33. The Kier molecular flexibility index (Phi) is 5.56. The van der Waals surface area contributed by atoms with Crippen LogP contribution in [-0.4, -0.2) is 33.9 Å². The number of nitrogens with zero attached hydrogens (tertiary/aromatic N) is 3. The number of benzene rings is 2. The van der Waals surface area contributed by atoms with Crippen molar-refractivity contribution in [3.8, 4) is 11.4 Å². The van der Waals surface area contributed by atoms with Gasteiger partial charge >= 0.3 is 0 Å². The molecule has 4 rings (SSSR count). The maximum Gasteiger partial charge on any atom is 0.257 e. The molecule has 2 N–H and O–H groups in total. The molecule has 0 aliphatic heterocycles. The molecule has 4 aromatic rings. The maximum atomic E-state index is 13.7. The van der Waals surface area contributed by atoms with Crippen LogP contribution in [0.1, 0.15) is 10.4 Å². The minimum Gasteiger partial charge on any atom is -0.368 e. The van der Waals surface area contributed by atoms with Crippen LogP contribution in [0.2, 0.25) is 0 Å². The van der Waals surface area contributed by atoms with Crippen molar-refractivity contribution < 1.29 is 13.6 Å². The lowest BCUT2D eigenvalue weighted by Gasteiger charge is -2.12. The summed E-state index contributed by atoms with van der Waals surface area (Å²) in [5, 5.41) is 6.50. The van der Waals surface area contributed by atoms with Gasteiger partial charge in [-0.1, -0.05) is 18.2 Å². The fourth-order valence-electron chi connectivity index (χ4n) is 3.00. The minimum absolute atomic E-state index is 0.148. The fourth-order valence-corrected chi connectivity index (χ4v) is 3.00. The van der Waals surface area contributed by atoms with E-state index in [1.165, 1.54) is 6.07 Å². The first-order chi connectivity index (χ1) is 14.6. The third-order valence-corrected chi connectivity index (χ3v) is 4.43. The highest BCUT2D eigenvalue weighted by Gasteiger charge is 2.16. The van der Waals surface area contributed by atoms with E-state index >= 15 is 0 Å². The molecule has 0 saturated heterocycles. The van der Waals surface area contributed by atoms with Crippen LogP contribution in [-0.2, 0) is 0 Å². The summed E-state index contributed by atoms with van der Waals surface area (Å²) in [5.74, 6) is -1.47. The molecule has 2 aromatic carbocycles. The highest BCUT2D eigenvalue weighted by Crippen LogP contribution is 2.24. The number of para-hydroxylation sites is 1. The molecule has 0 bridgehead atoms. The molecule has 0 aliphatic carbocycles. The van der Waals surface area contributed by atoms with Crippen molar-refractivity contribution in [3.63, 3.8) is 0 Å². The number of pyridine rings is 1. The van der Waals surface area contributed by atoms with Crippen molar-refractivity contribution in [2.75, 3.05) is 18.4 Å². The normalized spacial score (nSPS) is 10.7. The second-order valence-electron chi connectivity index (χ2n) is 6.43. The van der Waals surface area contributed by atoms with Gasteiger partial charge in [-0.05, 0) is 36.4 Å². The first kappa shape index (κ1) is 19.4. The Morgan fingerprint density at radius 3 is 2.37 bits per heavy atom. The lowest BCUT2D eigenvalue weighted by atomic mass is 10.2. The van der Waals surface area contributed by atoms with Gasteiger partial charge in [0, 0.05) is 36.4 Å². The second-order valence-corrected chi connectivity index (χ2v) is 6.43. The Morgan fingerprint density at radius 2 is 1.60 bits per heavy atom. The summed E-state index contributed by atoms with van der Waals surface area (Å²) < 4.78 is 27.4. The topological polar surface area (TPSA) is 79.8 Å². The molecule has 0 saturated carbocycles. The lowest BCUT2D eigenvalue weighted by molar-refractivity contribution is 0.0946. The molecule has 150 valence electrons. The smallest absolute Gasteiger partial charge is 0.257 e. The molecule has 0 spiro atoms. The number of fused-ring (bicyclic) bond motifs is 1. The number of hydrogen-bond acceptors (Lipinski definition) is 5. The van der Waals surface area contributed by atoms with Gasteiger partial charge in [-0.25, -0.2) is 18.7 Å². The molecule has 0 aliphatic rings. The third-order valence-electron chi connectivity index (χ3n) is 4.43. The van der Waals surface area contributed by atoms with Gasteiger partial charge in [0.1, 0.15) is 23.0 Å². The van der Waals surface area contributed by atoms with Crippen LogP contribution in [0, 0.1) is 11.6 Å². The van der Waals surface area contributed by atoms with E-state index in [0.29, 0.717) is 18.2 Å². The van der Waals surface area contributed by atoms with Gasteiger partial charge in [-0.15, -0.1) is 0 Å². The van der Waals surface area contributed by atoms with Crippen molar-refractivity contribution in [1.82, 2.24) is 20.3 Å². The van der Waals surface area contributed by atoms with Crippen LogP contribution in [0.3, 0.4) is 0 Å². The number of carbonyl (C=O) groups excluding carboxylic acids is 1. The number of rotatable bonds is 6. The Labute approximate surface area is 171 Å². The minimum atomic E-state index is -0.899. The number of anilines is 1. The van der Waals surface area contributed by atoms with E-state index in [9.17, 15) is 13.6 Å². The molecule has 8 heteroatoms. The molecule has 6 nitrogen and oxygen atoms in total. The third kappa shape index (κ3) is 4.07. The van der Waals surface area contributed by atoms with E-state index < -0.39 is 23.1 Å². The van der Waals surface area contributed by atoms with Gasteiger partial charge in [0.15, 0.2) is 5.82 Å². The zero-order chi connectivity index (χ0) is 20.9. The van der Waals surface area contributed by atoms with E-state index in [4.69, 9.17) is 0 Å². The van der Waals surface area contributed by atoms with E-state index in [1.54, 1.807) is 12.4 Å². The predicted octanol–water partition coefficient (Wildman–Crippen LogP) is 3.81. The average molecular weight is 405 g/mol. The molecule has 0 fully saturated rings. The quantitative estimate of drug-likeness (QED) is 0.477. The van der Waals surface area contributed by atoms with Crippen LogP contribution >= 0.6 is 0 Å². The van der Waals surface area contributed by atoms with Gasteiger partial charge in [0.2, 0.25) is 0 Å². The highest BCUT2D eigenvalue weighted by atomic mass is 19.1. The number of carbonyl (C=O) groups is 1. The molecule has 0 unspecified atom stereocenters. The van der Waals surface area contributed by atoms with Crippen LogP contribution in [0.15, 0.2) is 67.0 Å². The van der Waals surface area contributed by atoms with Crippen LogP contribution < -0.4 is 10.6 Å². The van der Waals surface area contributed by atoms with E-state index in [0.717, 1.165) is 28.6 Å². The fraction of sp³-hybridized carbons (Fsp3) is 0.0909. The number of halogens is 2. The zero-order valence-corrected chi connectivity index (χ0v) is 15.8. The summed E-state index contributed by atoms with van der Waals surface area (Å²) in [7, 11) is 0. The molecule has 1 amide bonds. The van der Waals surface area contributed by atoms with Crippen LogP contribution in [0.25, 0.3) is 22.3 Å². The molecule has 30 heavy (non-hydrogen) atoms. The largest absolute Gasteiger partial charge is 0.368 e. The van der Waals surface area contributed by atoms with E-state index in [-0.39, 0.29) is 6.54 Å². The van der Waals surface area contributed by atoms with Gasteiger partial charge in [-0.3, -0.25) is 9.78 Å². The molecule has 2 aromatic heterocycles. The summed E-state index contributed by atoms with van der Waals surface area (Å²) >= 11 is 0. The van der Waals surface area contributed by atoms with Gasteiger partial charge in [0.05, 0.1) is 5.52 Å². The Hall–Kier alpha value is -3.94. The zero-order valence-electron chi connectivity index (χ0n) is 15.8. The summed E-state index contributed by atoms with van der Waals surface area (Å²) in [6, 6.07) is 14.5. The number of amides is 1. The number of nitrogens with one attached hydrogen (secondary N) is 2. The molecular weight excluding hydrogens is 388 g/mol. The molecule has 0 radical (unpaired) electrons.